The molecule has 2 heterocycles. The summed E-state index contributed by atoms with van der Waals surface area (Å²) in [6, 6.07) is 15.0. The van der Waals surface area contributed by atoms with Crippen LogP contribution in [0.15, 0.2) is 59.8 Å². The van der Waals surface area contributed by atoms with Gasteiger partial charge >= 0.3 is 0 Å². The van der Waals surface area contributed by atoms with Crippen molar-refractivity contribution in [3.05, 3.63) is 82.1 Å². The third-order valence-corrected chi connectivity index (χ3v) is 8.26. The Labute approximate surface area is 194 Å². The minimum atomic E-state index is -3.59. The monoisotopic (exact) mass is 470 g/mol. The van der Waals surface area contributed by atoms with Crippen molar-refractivity contribution in [2.24, 2.45) is 7.05 Å². The van der Waals surface area contributed by atoms with Crippen molar-refractivity contribution in [2.75, 3.05) is 13.1 Å². The van der Waals surface area contributed by atoms with E-state index in [4.69, 9.17) is 11.6 Å². The quantitative estimate of drug-likeness (QED) is 0.573. The number of halogens is 1. The van der Waals surface area contributed by atoms with E-state index < -0.39 is 10.0 Å². The van der Waals surface area contributed by atoms with E-state index in [2.05, 4.69) is 39.0 Å². The smallest absolute Gasteiger partial charge is 0.243 e. The summed E-state index contributed by atoms with van der Waals surface area (Å²) in [5, 5.41) is 4.73. The first-order chi connectivity index (χ1) is 15.4. The Morgan fingerprint density at radius 1 is 1.16 bits per heavy atom. The molecule has 1 N–H and O–H groups in total. The maximum atomic E-state index is 12.6. The van der Waals surface area contributed by atoms with Crippen LogP contribution in [-0.4, -0.2) is 42.2 Å². The van der Waals surface area contributed by atoms with Gasteiger partial charge in [0.1, 0.15) is 4.90 Å². The summed E-state index contributed by atoms with van der Waals surface area (Å²) in [5.74, 6) is 0.374. The molecular weight excluding hydrogens is 444 g/mol. The third kappa shape index (κ3) is 4.35. The Morgan fingerprint density at radius 2 is 2.00 bits per heavy atom. The summed E-state index contributed by atoms with van der Waals surface area (Å²) in [6.45, 7) is 2.56. The van der Waals surface area contributed by atoms with Crippen LogP contribution in [0.4, 0.5) is 0 Å². The molecule has 6 nitrogen and oxygen atoms in total. The van der Waals surface area contributed by atoms with Crippen LogP contribution >= 0.6 is 11.6 Å². The topological polar surface area (TPSA) is 67.2 Å². The molecule has 32 heavy (non-hydrogen) atoms. The largest absolute Gasteiger partial charge is 0.299 e. The molecule has 8 heteroatoms. The molecule has 0 spiro atoms. The molecule has 0 radical (unpaired) electrons. The Hall–Kier alpha value is -2.19. The molecular formula is C24H27ClN4O2S. The molecule has 3 aromatic rings. The first-order valence-electron chi connectivity index (χ1n) is 11.0. The van der Waals surface area contributed by atoms with Gasteiger partial charge in [0, 0.05) is 36.8 Å². The maximum absolute atomic E-state index is 12.6. The molecule has 1 aliphatic heterocycles. The van der Waals surface area contributed by atoms with Gasteiger partial charge in [0.2, 0.25) is 10.0 Å². The van der Waals surface area contributed by atoms with E-state index in [0.717, 1.165) is 36.5 Å². The van der Waals surface area contributed by atoms with E-state index in [1.165, 1.54) is 40.2 Å². The zero-order chi connectivity index (χ0) is 22.3. The number of likely N-dealkylation sites (tertiary alicyclic amines) is 1. The lowest BCUT2D eigenvalue weighted by Gasteiger charge is -2.39. The second-order valence-corrected chi connectivity index (χ2v) is 11.0. The molecule has 0 bridgehead atoms. The fourth-order valence-corrected chi connectivity index (χ4v) is 6.09. The van der Waals surface area contributed by atoms with Crippen LogP contribution in [0.2, 0.25) is 5.02 Å². The normalized spacial score (nSPS) is 20.8. The van der Waals surface area contributed by atoms with Crippen LogP contribution in [0.25, 0.3) is 0 Å². The number of rotatable bonds is 7. The fourth-order valence-electron chi connectivity index (χ4n) is 4.88. The molecule has 0 amide bonds. The molecule has 0 saturated carbocycles. The average Bonchev–Trinajstić information content (AvgIpc) is 3.30. The van der Waals surface area contributed by atoms with Gasteiger partial charge in [0.05, 0.1) is 6.20 Å². The Kier molecular flexibility index (Phi) is 5.84. The van der Waals surface area contributed by atoms with E-state index in [0.29, 0.717) is 12.0 Å². The van der Waals surface area contributed by atoms with Crippen molar-refractivity contribution in [2.45, 2.75) is 42.7 Å². The molecule has 1 aliphatic carbocycles. The standard InChI is InChI=1S/C24H27ClN4O2S/c1-28-16-21(15-26-28)32(30,31)27-14-18-6-7-19-13-24(29-8-3-9-29)23(22(19)12-18)11-17-4-2-5-20(25)10-17/h2,4-7,10,12,15-16,23-24,27H,3,8-9,11,13-14H2,1H3. The maximum Gasteiger partial charge on any atom is 0.243 e. The Morgan fingerprint density at radius 3 is 2.69 bits per heavy atom. The lowest BCUT2D eigenvalue weighted by Crippen LogP contribution is -2.47. The van der Waals surface area contributed by atoms with Crippen molar-refractivity contribution in [1.29, 1.82) is 0 Å². The summed E-state index contributed by atoms with van der Waals surface area (Å²) in [4.78, 5) is 2.76. The summed E-state index contributed by atoms with van der Waals surface area (Å²) in [6.07, 6.45) is 6.10. The van der Waals surface area contributed by atoms with Crippen molar-refractivity contribution < 1.29 is 8.42 Å². The van der Waals surface area contributed by atoms with Gasteiger partial charge in [-0.1, -0.05) is 41.9 Å². The lowest BCUT2D eigenvalue weighted by molar-refractivity contribution is 0.106. The number of fused-ring (bicyclic) bond motifs is 1. The SMILES string of the molecule is Cn1cc(S(=O)(=O)NCc2ccc3c(c2)C(Cc2cccc(Cl)c2)C(N2CCC2)C3)cn1. The number of nitrogens with one attached hydrogen (secondary N) is 1. The molecule has 5 rings (SSSR count). The van der Waals surface area contributed by atoms with E-state index in [-0.39, 0.29) is 11.4 Å². The second kappa shape index (κ2) is 8.63. The van der Waals surface area contributed by atoms with Gasteiger partial charge in [0.15, 0.2) is 0 Å². The van der Waals surface area contributed by atoms with Gasteiger partial charge in [-0.3, -0.25) is 9.58 Å². The summed E-state index contributed by atoms with van der Waals surface area (Å²) in [7, 11) is -1.89. The van der Waals surface area contributed by atoms with Crippen molar-refractivity contribution in [1.82, 2.24) is 19.4 Å². The third-order valence-electron chi connectivity index (χ3n) is 6.67. The number of nitrogens with zero attached hydrogens (tertiary/aromatic N) is 3. The van der Waals surface area contributed by atoms with Crippen LogP contribution in [0.1, 0.15) is 34.6 Å². The molecule has 1 fully saturated rings. The van der Waals surface area contributed by atoms with Crippen LogP contribution in [-0.2, 0) is 36.5 Å². The number of hydrogen-bond donors (Lipinski definition) is 1. The number of hydrogen-bond acceptors (Lipinski definition) is 4. The van der Waals surface area contributed by atoms with Gasteiger partial charge in [-0.2, -0.15) is 5.10 Å². The Balaban J connectivity index is 1.38. The zero-order valence-electron chi connectivity index (χ0n) is 18.0. The number of benzene rings is 2. The number of aryl methyl sites for hydroxylation is 1. The van der Waals surface area contributed by atoms with Crippen LogP contribution in [0.5, 0.6) is 0 Å². The fraction of sp³-hybridized carbons (Fsp3) is 0.375. The van der Waals surface area contributed by atoms with E-state index in [1.54, 1.807) is 7.05 Å². The second-order valence-electron chi connectivity index (χ2n) is 8.81. The van der Waals surface area contributed by atoms with Gasteiger partial charge in [-0.05, 0) is 66.7 Å². The first kappa shape index (κ1) is 21.6. The zero-order valence-corrected chi connectivity index (χ0v) is 19.6. The molecule has 168 valence electrons. The predicted molar refractivity (Wildman–Crippen MR) is 125 cm³/mol. The average molecular weight is 471 g/mol. The van der Waals surface area contributed by atoms with E-state index in [9.17, 15) is 8.42 Å². The van der Waals surface area contributed by atoms with Gasteiger partial charge < -0.3 is 0 Å². The van der Waals surface area contributed by atoms with E-state index in [1.807, 2.05) is 18.2 Å². The van der Waals surface area contributed by atoms with Crippen molar-refractivity contribution >= 4 is 21.6 Å². The van der Waals surface area contributed by atoms with Gasteiger partial charge in [0.25, 0.3) is 0 Å². The summed E-state index contributed by atoms with van der Waals surface area (Å²) < 4.78 is 29.4. The molecule has 2 unspecified atom stereocenters. The highest BCUT2D eigenvalue weighted by Crippen LogP contribution is 2.40. The highest BCUT2D eigenvalue weighted by Gasteiger charge is 2.38. The highest BCUT2D eigenvalue weighted by atomic mass is 35.5. The highest BCUT2D eigenvalue weighted by molar-refractivity contribution is 7.89. The summed E-state index contributed by atoms with van der Waals surface area (Å²) >= 11 is 6.25. The first-order valence-corrected chi connectivity index (χ1v) is 12.8. The minimum absolute atomic E-state index is 0.179. The molecule has 1 aromatic heterocycles. The van der Waals surface area contributed by atoms with Crippen LogP contribution < -0.4 is 4.72 Å². The summed E-state index contributed by atoms with van der Waals surface area (Å²) in [5.41, 5.74) is 4.91. The van der Waals surface area contributed by atoms with E-state index >= 15 is 0 Å². The van der Waals surface area contributed by atoms with Crippen molar-refractivity contribution in [3.8, 4) is 0 Å². The minimum Gasteiger partial charge on any atom is -0.299 e. The molecule has 2 atom stereocenters. The Bertz CT molecular complexity index is 1240. The predicted octanol–water partition coefficient (Wildman–Crippen LogP) is 3.51. The van der Waals surface area contributed by atoms with Crippen LogP contribution in [0.3, 0.4) is 0 Å². The van der Waals surface area contributed by atoms with Crippen LogP contribution in [0, 0.1) is 0 Å². The van der Waals surface area contributed by atoms with Gasteiger partial charge in [-0.15, -0.1) is 0 Å². The van der Waals surface area contributed by atoms with Crippen molar-refractivity contribution in [3.63, 3.8) is 0 Å². The van der Waals surface area contributed by atoms with Gasteiger partial charge in [-0.25, -0.2) is 13.1 Å². The molecule has 1 saturated heterocycles. The number of aromatic nitrogens is 2. The number of sulfonamides is 1. The molecule has 2 aromatic carbocycles. The molecule has 2 aliphatic rings. The lowest BCUT2D eigenvalue weighted by atomic mass is 9.88.